The number of nitrogens with zero attached hydrogens (tertiary/aromatic N) is 2. The third kappa shape index (κ3) is 3.83. The number of carbonyl (C=O) groups is 1. The van der Waals surface area contributed by atoms with Crippen molar-refractivity contribution in [2.75, 3.05) is 13.6 Å². The molecule has 0 spiro atoms. The number of aliphatic hydroxyl groups is 1. The molecule has 0 radical (unpaired) electrons. The highest BCUT2D eigenvalue weighted by Crippen LogP contribution is 2.20. The minimum Gasteiger partial charge on any atom is -0.378 e. The molecule has 1 aromatic heterocycles. The van der Waals surface area contributed by atoms with E-state index in [9.17, 15) is 9.90 Å². The monoisotopic (exact) mass is 357 g/mol. The standard InChI is InChI=1S/C19H20ClN3O2/c1-12-5-3-8-15-17(12)22-16(21-15)9-10-23(2)19(25)18(24)13-6-4-7-14(20)11-13/h3-8,11,18,24H,9-10H2,1-2H3,(H,21,22)/t18-/m1/s1. The average Bonchev–Trinajstić information content (AvgIpc) is 3.03. The highest BCUT2D eigenvalue weighted by atomic mass is 35.5. The number of likely N-dealkylation sites (N-methyl/N-ethyl adjacent to an activating group) is 1. The molecule has 3 rings (SSSR count). The Bertz CT molecular complexity index is 907. The summed E-state index contributed by atoms with van der Waals surface area (Å²) in [6, 6.07) is 12.7. The van der Waals surface area contributed by atoms with Crippen LogP contribution in [0.1, 0.15) is 23.1 Å². The normalized spacial score (nSPS) is 12.3. The summed E-state index contributed by atoms with van der Waals surface area (Å²) >= 11 is 5.92. The fraction of sp³-hybridized carbons (Fsp3) is 0.263. The van der Waals surface area contributed by atoms with E-state index in [-0.39, 0.29) is 5.91 Å². The smallest absolute Gasteiger partial charge is 0.255 e. The number of fused-ring (bicyclic) bond motifs is 1. The van der Waals surface area contributed by atoms with E-state index in [2.05, 4.69) is 9.97 Å². The SMILES string of the molecule is Cc1cccc2[nH]c(CCN(C)C(=O)[C@H](O)c3cccc(Cl)c3)nc12. The second kappa shape index (κ2) is 7.25. The van der Waals surface area contributed by atoms with Crippen LogP contribution < -0.4 is 0 Å². The molecule has 0 fully saturated rings. The molecular weight excluding hydrogens is 338 g/mol. The molecule has 25 heavy (non-hydrogen) atoms. The summed E-state index contributed by atoms with van der Waals surface area (Å²) in [6.45, 7) is 2.47. The number of aryl methyl sites for hydroxylation is 1. The summed E-state index contributed by atoms with van der Waals surface area (Å²) in [5.41, 5.74) is 3.54. The number of aromatic amines is 1. The highest BCUT2D eigenvalue weighted by Gasteiger charge is 2.21. The molecule has 0 unspecified atom stereocenters. The van der Waals surface area contributed by atoms with Gasteiger partial charge in [0.2, 0.25) is 0 Å². The zero-order valence-corrected chi connectivity index (χ0v) is 14.9. The van der Waals surface area contributed by atoms with Gasteiger partial charge in [-0.05, 0) is 36.2 Å². The number of hydrogen-bond donors (Lipinski definition) is 2. The second-order valence-electron chi connectivity index (χ2n) is 6.12. The molecule has 2 N–H and O–H groups in total. The number of para-hydroxylation sites is 1. The van der Waals surface area contributed by atoms with E-state index in [1.165, 1.54) is 4.90 Å². The van der Waals surface area contributed by atoms with Gasteiger partial charge in [0.1, 0.15) is 5.82 Å². The summed E-state index contributed by atoms with van der Waals surface area (Å²) < 4.78 is 0. The fourth-order valence-electron chi connectivity index (χ4n) is 2.76. The zero-order valence-electron chi connectivity index (χ0n) is 14.2. The molecule has 1 atom stereocenters. The molecule has 1 heterocycles. The first kappa shape index (κ1) is 17.5. The summed E-state index contributed by atoms with van der Waals surface area (Å²) in [7, 11) is 1.67. The Labute approximate surface area is 151 Å². The third-order valence-corrected chi connectivity index (χ3v) is 4.46. The molecule has 130 valence electrons. The van der Waals surface area contributed by atoms with Crippen molar-refractivity contribution in [1.82, 2.24) is 14.9 Å². The van der Waals surface area contributed by atoms with Gasteiger partial charge in [-0.2, -0.15) is 0 Å². The lowest BCUT2D eigenvalue weighted by Gasteiger charge is -2.20. The number of benzene rings is 2. The van der Waals surface area contributed by atoms with Crippen LogP contribution in [-0.2, 0) is 11.2 Å². The molecule has 0 aliphatic carbocycles. The summed E-state index contributed by atoms with van der Waals surface area (Å²) in [4.78, 5) is 21.8. The van der Waals surface area contributed by atoms with Crippen molar-refractivity contribution in [2.24, 2.45) is 0 Å². The molecule has 0 aliphatic rings. The summed E-state index contributed by atoms with van der Waals surface area (Å²) in [6.07, 6.45) is -0.639. The Balaban J connectivity index is 1.65. The summed E-state index contributed by atoms with van der Waals surface area (Å²) in [5.74, 6) is 0.454. The van der Waals surface area contributed by atoms with Gasteiger partial charge in [0.05, 0.1) is 11.0 Å². The van der Waals surface area contributed by atoms with Crippen molar-refractivity contribution in [3.63, 3.8) is 0 Å². The van der Waals surface area contributed by atoms with Crippen LogP contribution in [0.15, 0.2) is 42.5 Å². The van der Waals surface area contributed by atoms with Crippen molar-refractivity contribution >= 4 is 28.5 Å². The highest BCUT2D eigenvalue weighted by molar-refractivity contribution is 6.30. The van der Waals surface area contributed by atoms with Gasteiger partial charge in [-0.15, -0.1) is 0 Å². The number of aromatic nitrogens is 2. The van der Waals surface area contributed by atoms with Gasteiger partial charge in [-0.3, -0.25) is 4.79 Å². The molecule has 6 heteroatoms. The van der Waals surface area contributed by atoms with E-state index in [0.717, 1.165) is 22.4 Å². The molecule has 0 bridgehead atoms. The molecule has 3 aromatic rings. The third-order valence-electron chi connectivity index (χ3n) is 4.22. The number of amides is 1. The van der Waals surface area contributed by atoms with Crippen molar-refractivity contribution in [2.45, 2.75) is 19.4 Å². The van der Waals surface area contributed by atoms with Crippen LogP contribution in [0.4, 0.5) is 0 Å². The van der Waals surface area contributed by atoms with Crippen LogP contribution in [0.25, 0.3) is 11.0 Å². The van der Waals surface area contributed by atoms with E-state index < -0.39 is 6.10 Å². The number of aliphatic hydroxyl groups excluding tert-OH is 1. The van der Waals surface area contributed by atoms with Gasteiger partial charge in [0, 0.05) is 25.0 Å². The van der Waals surface area contributed by atoms with Crippen LogP contribution in [0.2, 0.25) is 5.02 Å². The maximum atomic E-state index is 12.4. The van der Waals surface area contributed by atoms with Gasteiger partial charge in [-0.25, -0.2) is 4.98 Å². The minimum atomic E-state index is -1.22. The van der Waals surface area contributed by atoms with Crippen molar-refractivity contribution in [1.29, 1.82) is 0 Å². The number of carbonyl (C=O) groups excluding carboxylic acids is 1. The minimum absolute atomic E-state index is 0.366. The van der Waals surface area contributed by atoms with Crippen molar-refractivity contribution in [3.05, 3.63) is 64.4 Å². The number of halogens is 1. The predicted molar refractivity (Wildman–Crippen MR) is 98.6 cm³/mol. The van der Waals surface area contributed by atoms with E-state index >= 15 is 0 Å². The first-order valence-corrected chi connectivity index (χ1v) is 8.46. The van der Waals surface area contributed by atoms with Crippen molar-refractivity contribution in [3.8, 4) is 0 Å². The molecule has 5 nitrogen and oxygen atoms in total. The van der Waals surface area contributed by atoms with Crippen LogP contribution >= 0.6 is 11.6 Å². The fourth-order valence-corrected chi connectivity index (χ4v) is 2.96. The Kier molecular flexibility index (Phi) is 5.06. The van der Waals surface area contributed by atoms with E-state index in [0.29, 0.717) is 23.6 Å². The lowest BCUT2D eigenvalue weighted by molar-refractivity contribution is -0.139. The van der Waals surface area contributed by atoms with Gasteiger partial charge < -0.3 is 15.0 Å². The maximum absolute atomic E-state index is 12.4. The Morgan fingerprint density at radius 3 is 2.80 bits per heavy atom. The van der Waals surface area contributed by atoms with Crippen LogP contribution in [0.3, 0.4) is 0 Å². The second-order valence-corrected chi connectivity index (χ2v) is 6.56. The van der Waals surface area contributed by atoms with Gasteiger partial charge in [-0.1, -0.05) is 35.9 Å². The van der Waals surface area contributed by atoms with Gasteiger partial charge in [0.15, 0.2) is 6.10 Å². The van der Waals surface area contributed by atoms with E-state index in [4.69, 9.17) is 11.6 Å². The molecule has 0 saturated carbocycles. The van der Waals surface area contributed by atoms with E-state index in [1.807, 2.05) is 25.1 Å². The number of rotatable bonds is 5. The molecule has 1 amide bonds. The maximum Gasteiger partial charge on any atom is 0.255 e. The Hall–Kier alpha value is -2.37. The Morgan fingerprint density at radius 2 is 2.08 bits per heavy atom. The van der Waals surface area contributed by atoms with Crippen LogP contribution in [0.5, 0.6) is 0 Å². The van der Waals surface area contributed by atoms with Crippen molar-refractivity contribution < 1.29 is 9.90 Å². The molecule has 0 aliphatic heterocycles. The predicted octanol–water partition coefficient (Wildman–Crippen LogP) is 3.26. The van der Waals surface area contributed by atoms with Gasteiger partial charge in [0.25, 0.3) is 5.91 Å². The lowest BCUT2D eigenvalue weighted by Crippen LogP contribution is -2.33. The Morgan fingerprint density at radius 1 is 1.32 bits per heavy atom. The first-order valence-electron chi connectivity index (χ1n) is 8.08. The topological polar surface area (TPSA) is 69.2 Å². The molecular formula is C19H20ClN3O2. The molecule has 0 saturated heterocycles. The van der Waals surface area contributed by atoms with Gasteiger partial charge >= 0.3 is 0 Å². The first-order chi connectivity index (χ1) is 12.0. The molecule has 2 aromatic carbocycles. The number of hydrogen-bond acceptors (Lipinski definition) is 3. The number of nitrogens with one attached hydrogen (secondary N) is 1. The van der Waals surface area contributed by atoms with E-state index in [1.54, 1.807) is 31.3 Å². The quantitative estimate of drug-likeness (QED) is 0.736. The largest absolute Gasteiger partial charge is 0.378 e. The van der Waals surface area contributed by atoms with Crippen LogP contribution in [-0.4, -0.2) is 39.5 Å². The number of imidazole rings is 1. The summed E-state index contributed by atoms with van der Waals surface area (Å²) in [5, 5.41) is 10.7. The number of H-pyrrole nitrogens is 1. The van der Waals surface area contributed by atoms with Crippen LogP contribution in [0, 0.1) is 6.92 Å². The zero-order chi connectivity index (χ0) is 18.0. The lowest BCUT2D eigenvalue weighted by atomic mass is 10.1. The average molecular weight is 358 g/mol.